The van der Waals surface area contributed by atoms with Crippen LogP contribution in [0.3, 0.4) is 0 Å². The number of benzene rings is 2. The van der Waals surface area contributed by atoms with Gasteiger partial charge in [0.2, 0.25) is 0 Å². The van der Waals surface area contributed by atoms with Crippen molar-refractivity contribution in [3.05, 3.63) is 69.0 Å². The van der Waals surface area contributed by atoms with Gasteiger partial charge in [-0.25, -0.2) is 4.39 Å². The van der Waals surface area contributed by atoms with Crippen molar-refractivity contribution in [2.24, 2.45) is 0 Å². The summed E-state index contributed by atoms with van der Waals surface area (Å²) in [6.07, 6.45) is -0.0630. The molecule has 0 saturated carbocycles. The monoisotopic (exact) mass is 383 g/mol. The first kappa shape index (κ1) is 19.2. The lowest BCUT2D eigenvalue weighted by Gasteiger charge is -2.08. The van der Waals surface area contributed by atoms with Gasteiger partial charge in [0.1, 0.15) is 5.82 Å². The van der Waals surface area contributed by atoms with Gasteiger partial charge in [-0.1, -0.05) is 41.4 Å². The second kappa shape index (κ2) is 8.83. The van der Waals surface area contributed by atoms with Crippen LogP contribution in [0, 0.1) is 12.7 Å². The van der Waals surface area contributed by atoms with Gasteiger partial charge >= 0.3 is 5.97 Å². The molecule has 0 unspecified atom stereocenters. The quantitative estimate of drug-likeness (QED) is 0.770. The van der Waals surface area contributed by atoms with Crippen LogP contribution >= 0.6 is 23.2 Å². The molecule has 132 valence electrons. The summed E-state index contributed by atoms with van der Waals surface area (Å²) >= 11 is 11.8. The van der Waals surface area contributed by atoms with Gasteiger partial charge in [-0.2, -0.15) is 0 Å². The van der Waals surface area contributed by atoms with Crippen LogP contribution in [0.25, 0.3) is 0 Å². The molecule has 0 radical (unpaired) electrons. The molecular formula is C18H16Cl2FNO3. The SMILES string of the molecule is Cc1ccc(CNC(=O)COC(=O)Cc2ccc(Cl)cc2Cl)cc1F. The summed E-state index contributed by atoms with van der Waals surface area (Å²) in [6.45, 7) is 1.39. The number of ether oxygens (including phenoxy) is 1. The number of aryl methyl sites for hydroxylation is 1. The van der Waals surface area contributed by atoms with E-state index in [2.05, 4.69) is 5.32 Å². The molecule has 2 aromatic carbocycles. The molecule has 0 aliphatic carbocycles. The third-order valence-corrected chi connectivity index (χ3v) is 4.03. The Morgan fingerprint density at radius 3 is 2.60 bits per heavy atom. The molecule has 0 spiro atoms. The van der Waals surface area contributed by atoms with Crippen LogP contribution in [0.1, 0.15) is 16.7 Å². The van der Waals surface area contributed by atoms with Crippen molar-refractivity contribution in [3.8, 4) is 0 Å². The molecule has 0 heterocycles. The number of carbonyl (C=O) groups is 2. The molecule has 2 rings (SSSR count). The molecule has 7 heteroatoms. The lowest BCUT2D eigenvalue weighted by molar-refractivity contribution is -0.147. The highest BCUT2D eigenvalue weighted by Crippen LogP contribution is 2.21. The van der Waals surface area contributed by atoms with E-state index < -0.39 is 18.5 Å². The predicted octanol–water partition coefficient (Wildman–Crippen LogP) is 3.84. The van der Waals surface area contributed by atoms with E-state index in [1.165, 1.54) is 12.1 Å². The molecule has 1 N–H and O–H groups in total. The minimum absolute atomic E-state index is 0.0630. The van der Waals surface area contributed by atoms with Crippen LogP contribution in [-0.4, -0.2) is 18.5 Å². The number of esters is 1. The molecule has 25 heavy (non-hydrogen) atoms. The van der Waals surface area contributed by atoms with E-state index in [1.54, 1.807) is 31.2 Å². The van der Waals surface area contributed by atoms with Gasteiger partial charge in [0.05, 0.1) is 6.42 Å². The molecule has 2 aromatic rings. The van der Waals surface area contributed by atoms with Gasteiger partial charge < -0.3 is 10.1 Å². The molecule has 0 bridgehead atoms. The average Bonchev–Trinajstić information content (AvgIpc) is 2.56. The maximum absolute atomic E-state index is 13.4. The van der Waals surface area contributed by atoms with Crippen LogP contribution < -0.4 is 5.32 Å². The average molecular weight is 384 g/mol. The molecule has 0 saturated heterocycles. The fourth-order valence-electron chi connectivity index (χ4n) is 2.02. The molecule has 0 aromatic heterocycles. The molecule has 0 fully saturated rings. The van der Waals surface area contributed by atoms with Crippen molar-refractivity contribution in [1.29, 1.82) is 0 Å². The lowest BCUT2D eigenvalue weighted by Crippen LogP contribution is -2.28. The van der Waals surface area contributed by atoms with Crippen molar-refractivity contribution in [2.45, 2.75) is 19.9 Å². The van der Waals surface area contributed by atoms with Crippen molar-refractivity contribution in [3.63, 3.8) is 0 Å². The van der Waals surface area contributed by atoms with Crippen LogP contribution in [0.5, 0.6) is 0 Å². The van der Waals surface area contributed by atoms with Crippen LogP contribution in [0.4, 0.5) is 4.39 Å². The van der Waals surface area contributed by atoms with Gasteiger partial charge in [0.25, 0.3) is 5.91 Å². The third-order valence-electron chi connectivity index (χ3n) is 3.44. The van der Waals surface area contributed by atoms with Crippen molar-refractivity contribution < 1.29 is 18.7 Å². The Labute approximate surface area is 154 Å². The number of amides is 1. The first-order valence-corrected chi connectivity index (χ1v) is 8.22. The van der Waals surface area contributed by atoms with Crippen molar-refractivity contribution in [2.75, 3.05) is 6.61 Å². The summed E-state index contributed by atoms with van der Waals surface area (Å²) in [7, 11) is 0. The zero-order chi connectivity index (χ0) is 18.4. The van der Waals surface area contributed by atoms with Crippen LogP contribution in [0.2, 0.25) is 10.0 Å². The predicted molar refractivity (Wildman–Crippen MR) is 94.1 cm³/mol. The Morgan fingerprint density at radius 1 is 1.16 bits per heavy atom. The Morgan fingerprint density at radius 2 is 1.92 bits per heavy atom. The van der Waals surface area contributed by atoms with E-state index >= 15 is 0 Å². The maximum atomic E-state index is 13.4. The van der Waals surface area contributed by atoms with Gasteiger partial charge in [0.15, 0.2) is 6.61 Å². The van der Waals surface area contributed by atoms with Crippen molar-refractivity contribution >= 4 is 35.1 Å². The lowest BCUT2D eigenvalue weighted by atomic mass is 10.1. The minimum Gasteiger partial charge on any atom is -0.455 e. The molecule has 0 aliphatic heterocycles. The Kier molecular flexibility index (Phi) is 6.79. The summed E-state index contributed by atoms with van der Waals surface area (Å²) in [5, 5.41) is 3.38. The normalized spacial score (nSPS) is 10.4. The van der Waals surface area contributed by atoms with Gasteiger partial charge in [0, 0.05) is 16.6 Å². The second-order valence-corrected chi connectivity index (χ2v) is 6.28. The molecule has 0 atom stereocenters. The summed E-state index contributed by atoms with van der Waals surface area (Å²) in [5.74, 6) is -1.39. The molecule has 0 aliphatic rings. The smallest absolute Gasteiger partial charge is 0.310 e. The van der Waals surface area contributed by atoms with Gasteiger partial charge in [-0.15, -0.1) is 0 Å². The summed E-state index contributed by atoms with van der Waals surface area (Å²) in [6, 6.07) is 9.46. The fourth-order valence-corrected chi connectivity index (χ4v) is 2.49. The number of carbonyl (C=O) groups excluding carboxylic acids is 2. The van der Waals surface area contributed by atoms with E-state index in [4.69, 9.17) is 27.9 Å². The van der Waals surface area contributed by atoms with E-state index in [0.717, 1.165) is 0 Å². The fraction of sp³-hybridized carbons (Fsp3) is 0.222. The van der Waals surface area contributed by atoms with Crippen molar-refractivity contribution in [1.82, 2.24) is 5.32 Å². The zero-order valence-corrected chi connectivity index (χ0v) is 15.0. The summed E-state index contributed by atoms with van der Waals surface area (Å²) in [5.41, 5.74) is 1.71. The zero-order valence-electron chi connectivity index (χ0n) is 13.4. The van der Waals surface area contributed by atoms with E-state index in [9.17, 15) is 14.0 Å². The maximum Gasteiger partial charge on any atom is 0.310 e. The van der Waals surface area contributed by atoms with E-state index in [-0.39, 0.29) is 18.8 Å². The molecular weight excluding hydrogens is 368 g/mol. The highest BCUT2D eigenvalue weighted by atomic mass is 35.5. The third kappa shape index (κ3) is 6.03. The van der Waals surface area contributed by atoms with Crippen LogP contribution in [-0.2, 0) is 27.3 Å². The Balaban J connectivity index is 1.77. The van der Waals surface area contributed by atoms with Crippen LogP contribution in [0.15, 0.2) is 36.4 Å². The highest BCUT2D eigenvalue weighted by Gasteiger charge is 2.11. The summed E-state index contributed by atoms with van der Waals surface area (Å²) in [4.78, 5) is 23.5. The standard InChI is InChI=1S/C18H16Cl2FNO3/c1-11-2-3-12(6-16(11)21)9-22-17(23)10-25-18(24)7-13-4-5-14(19)8-15(13)20/h2-6,8H,7,9-10H2,1H3,(H,22,23). The second-order valence-electron chi connectivity index (χ2n) is 5.43. The largest absolute Gasteiger partial charge is 0.455 e. The van der Waals surface area contributed by atoms with Gasteiger partial charge in [-0.3, -0.25) is 9.59 Å². The highest BCUT2D eigenvalue weighted by molar-refractivity contribution is 6.35. The molecule has 4 nitrogen and oxygen atoms in total. The Hall–Kier alpha value is -2.11. The number of nitrogens with one attached hydrogen (secondary N) is 1. The summed E-state index contributed by atoms with van der Waals surface area (Å²) < 4.78 is 18.3. The first-order chi connectivity index (χ1) is 11.8. The number of halogens is 3. The minimum atomic E-state index is -0.583. The molecule has 1 amide bonds. The topological polar surface area (TPSA) is 55.4 Å². The number of hydrogen-bond donors (Lipinski definition) is 1. The van der Waals surface area contributed by atoms with Gasteiger partial charge in [-0.05, 0) is 41.8 Å². The Bertz CT molecular complexity index is 796. The first-order valence-electron chi connectivity index (χ1n) is 7.46. The van der Waals surface area contributed by atoms with E-state index in [1.807, 2.05) is 0 Å². The van der Waals surface area contributed by atoms with E-state index in [0.29, 0.717) is 26.7 Å². The number of hydrogen-bond acceptors (Lipinski definition) is 3. The number of rotatable bonds is 6.